The number of aryl methyl sites for hydroxylation is 1. The number of benzene rings is 2. The zero-order valence-corrected chi connectivity index (χ0v) is 20.0. The van der Waals surface area contributed by atoms with Crippen molar-refractivity contribution in [1.82, 2.24) is 10.2 Å². The highest BCUT2D eigenvalue weighted by Gasteiger charge is 2.27. The van der Waals surface area contributed by atoms with Crippen LogP contribution in [0.25, 0.3) is 6.08 Å². The average molecular weight is 467 g/mol. The second-order valence-electron chi connectivity index (χ2n) is 8.30. The van der Waals surface area contributed by atoms with Crippen LogP contribution in [0, 0.1) is 0 Å². The molecule has 0 saturated heterocycles. The molecule has 0 unspecified atom stereocenters. The lowest BCUT2D eigenvalue weighted by Crippen LogP contribution is -2.33. The summed E-state index contributed by atoms with van der Waals surface area (Å²) in [6.45, 7) is 0.301. The molecule has 180 valence electrons. The van der Waals surface area contributed by atoms with Crippen molar-refractivity contribution in [2.75, 3.05) is 35.0 Å². The molecule has 0 bridgehead atoms. The summed E-state index contributed by atoms with van der Waals surface area (Å²) in [6.07, 6.45) is 5.71. The second kappa shape index (κ2) is 10.1. The Morgan fingerprint density at radius 3 is 2.24 bits per heavy atom. The van der Waals surface area contributed by atoms with E-state index in [0.29, 0.717) is 29.5 Å². The number of hydrogen-bond acceptors (Lipinski definition) is 6. The zero-order valence-electron chi connectivity index (χ0n) is 20.0. The Morgan fingerprint density at radius 1 is 0.941 bits per heavy atom. The summed E-state index contributed by atoms with van der Waals surface area (Å²) in [5.74, 6) is 2.36. The first-order valence-electron chi connectivity index (χ1n) is 11.2. The van der Waals surface area contributed by atoms with Gasteiger partial charge >= 0.3 is 0 Å². The molecule has 0 saturated carbocycles. The van der Waals surface area contributed by atoms with Crippen molar-refractivity contribution in [2.24, 2.45) is 0 Å². The molecular weight excluding hydrogens is 436 g/mol. The highest BCUT2D eigenvalue weighted by molar-refractivity contribution is 5.85. The minimum atomic E-state index is -0.0982. The molecule has 0 spiro atoms. The normalized spacial score (nSPS) is 16.4. The number of rotatable bonds is 8. The van der Waals surface area contributed by atoms with Crippen LogP contribution in [0.4, 0.5) is 0 Å². The molecule has 1 heterocycles. The third-order valence-electron chi connectivity index (χ3n) is 6.38. The van der Waals surface area contributed by atoms with E-state index in [0.717, 1.165) is 35.1 Å². The van der Waals surface area contributed by atoms with Crippen LogP contribution in [0.1, 0.15) is 41.1 Å². The summed E-state index contributed by atoms with van der Waals surface area (Å²) in [5.41, 5.74) is 3.95. The number of methoxy groups -OCH3 is 4. The quantitative estimate of drug-likeness (QED) is 0.643. The van der Waals surface area contributed by atoms with Crippen molar-refractivity contribution < 1.29 is 28.5 Å². The predicted molar refractivity (Wildman–Crippen MR) is 127 cm³/mol. The smallest absolute Gasteiger partial charge is 0.230 e. The lowest BCUT2D eigenvalue weighted by atomic mass is 10.0. The summed E-state index contributed by atoms with van der Waals surface area (Å²) in [5, 5.41) is 3.11. The summed E-state index contributed by atoms with van der Waals surface area (Å²) < 4.78 is 21.5. The standard InChI is InChI=1S/C26H30N2O6/c1-31-21-11-16-7-9-28(26(30)14-18(16)13-23(21)33-3)10-8-25(29)27-20-6-5-17-12-22(32-2)24(34-4)15-19(17)20/h7,9,11-13,15,20H,5-6,8,10,14H2,1-4H3,(H,27,29)/t20-/m0/s1. The molecule has 1 atom stereocenters. The van der Waals surface area contributed by atoms with E-state index in [4.69, 9.17) is 18.9 Å². The molecule has 0 aromatic heterocycles. The molecule has 2 aromatic carbocycles. The molecule has 2 amide bonds. The van der Waals surface area contributed by atoms with Crippen LogP contribution in [0.2, 0.25) is 0 Å². The van der Waals surface area contributed by atoms with Gasteiger partial charge in [0.25, 0.3) is 0 Å². The minimum absolute atomic E-state index is 0.0712. The summed E-state index contributed by atoms with van der Waals surface area (Å²) in [7, 11) is 6.36. The van der Waals surface area contributed by atoms with Crippen molar-refractivity contribution in [1.29, 1.82) is 0 Å². The zero-order chi connectivity index (χ0) is 24.2. The van der Waals surface area contributed by atoms with Crippen molar-refractivity contribution in [2.45, 2.75) is 31.7 Å². The molecule has 1 aliphatic heterocycles. The molecule has 2 aliphatic rings. The van der Waals surface area contributed by atoms with E-state index in [-0.39, 0.29) is 30.7 Å². The number of carbonyl (C=O) groups is 2. The van der Waals surface area contributed by atoms with E-state index in [1.54, 1.807) is 39.5 Å². The van der Waals surface area contributed by atoms with Crippen molar-refractivity contribution in [3.05, 3.63) is 52.7 Å². The molecule has 4 rings (SSSR count). The minimum Gasteiger partial charge on any atom is -0.493 e. The topological polar surface area (TPSA) is 86.3 Å². The van der Waals surface area contributed by atoms with E-state index in [1.165, 1.54) is 0 Å². The van der Waals surface area contributed by atoms with E-state index in [1.807, 2.05) is 30.3 Å². The van der Waals surface area contributed by atoms with Gasteiger partial charge in [-0.05, 0) is 65.4 Å². The fourth-order valence-corrected chi connectivity index (χ4v) is 4.53. The van der Waals surface area contributed by atoms with Gasteiger partial charge < -0.3 is 29.2 Å². The van der Waals surface area contributed by atoms with Crippen LogP contribution in [0.15, 0.2) is 30.5 Å². The highest BCUT2D eigenvalue weighted by Crippen LogP contribution is 2.39. The number of nitrogens with one attached hydrogen (secondary N) is 1. The van der Waals surface area contributed by atoms with Gasteiger partial charge in [-0.25, -0.2) is 0 Å². The molecule has 8 nitrogen and oxygen atoms in total. The largest absolute Gasteiger partial charge is 0.493 e. The molecule has 1 N–H and O–H groups in total. The molecule has 8 heteroatoms. The Morgan fingerprint density at radius 2 is 1.56 bits per heavy atom. The van der Waals surface area contributed by atoms with Crippen molar-refractivity contribution >= 4 is 17.9 Å². The van der Waals surface area contributed by atoms with Gasteiger partial charge in [-0.1, -0.05) is 0 Å². The van der Waals surface area contributed by atoms with Crippen LogP contribution in [-0.2, 0) is 22.4 Å². The summed E-state index contributed by atoms with van der Waals surface area (Å²) in [4.78, 5) is 27.2. The van der Waals surface area contributed by atoms with Crippen LogP contribution in [0.5, 0.6) is 23.0 Å². The Bertz CT molecular complexity index is 1130. The first-order chi connectivity index (χ1) is 16.5. The van der Waals surface area contributed by atoms with Gasteiger partial charge in [0.1, 0.15) is 0 Å². The van der Waals surface area contributed by atoms with Gasteiger partial charge in [-0.15, -0.1) is 0 Å². The Hall–Kier alpha value is -3.68. The van der Waals surface area contributed by atoms with Crippen LogP contribution in [-0.4, -0.2) is 51.7 Å². The first-order valence-corrected chi connectivity index (χ1v) is 11.2. The lowest BCUT2D eigenvalue weighted by molar-refractivity contribution is -0.128. The average Bonchev–Trinajstić information content (AvgIpc) is 3.16. The number of ether oxygens (including phenoxy) is 4. The van der Waals surface area contributed by atoms with Crippen LogP contribution in [0.3, 0.4) is 0 Å². The molecule has 34 heavy (non-hydrogen) atoms. The van der Waals surface area contributed by atoms with Gasteiger partial charge in [0.15, 0.2) is 23.0 Å². The van der Waals surface area contributed by atoms with Gasteiger partial charge in [0.05, 0.1) is 40.9 Å². The Labute approximate surface area is 199 Å². The fraction of sp³-hybridized carbons (Fsp3) is 0.385. The fourth-order valence-electron chi connectivity index (χ4n) is 4.53. The van der Waals surface area contributed by atoms with Crippen LogP contribution >= 0.6 is 0 Å². The number of amides is 2. The highest BCUT2D eigenvalue weighted by atomic mass is 16.5. The maximum absolute atomic E-state index is 12.8. The third-order valence-corrected chi connectivity index (χ3v) is 6.38. The molecule has 1 aliphatic carbocycles. The number of hydrogen-bond donors (Lipinski definition) is 1. The van der Waals surface area contributed by atoms with Crippen molar-refractivity contribution in [3.63, 3.8) is 0 Å². The summed E-state index contributed by atoms with van der Waals surface area (Å²) >= 11 is 0. The molecule has 2 aromatic rings. The monoisotopic (exact) mass is 466 g/mol. The van der Waals surface area contributed by atoms with E-state index in [2.05, 4.69) is 5.32 Å². The Balaban J connectivity index is 1.39. The lowest BCUT2D eigenvalue weighted by Gasteiger charge is -2.19. The number of carbonyl (C=O) groups excluding carboxylic acids is 2. The molecular formula is C26H30N2O6. The predicted octanol–water partition coefficient (Wildman–Crippen LogP) is 3.27. The summed E-state index contributed by atoms with van der Waals surface area (Å²) in [6, 6.07) is 7.51. The van der Waals surface area contributed by atoms with Gasteiger partial charge in [0.2, 0.25) is 11.8 Å². The van der Waals surface area contributed by atoms with Gasteiger partial charge in [0, 0.05) is 19.2 Å². The number of fused-ring (bicyclic) bond motifs is 2. The van der Waals surface area contributed by atoms with Gasteiger partial charge in [-0.2, -0.15) is 0 Å². The van der Waals surface area contributed by atoms with E-state index in [9.17, 15) is 9.59 Å². The van der Waals surface area contributed by atoms with Crippen LogP contribution < -0.4 is 24.3 Å². The maximum Gasteiger partial charge on any atom is 0.230 e. The molecule has 0 fully saturated rings. The Kier molecular flexibility index (Phi) is 6.95. The van der Waals surface area contributed by atoms with Gasteiger partial charge in [-0.3, -0.25) is 9.59 Å². The first kappa shape index (κ1) is 23.5. The van der Waals surface area contributed by atoms with Crippen molar-refractivity contribution in [3.8, 4) is 23.0 Å². The second-order valence-corrected chi connectivity index (χ2v) is 8.30. The third kappa shape index (κ3) is 4.66. The van der Waals surface area contributed by atoms with E-state index >= 15 is 0 Å². The number of nitrogens with zero attached hydrogens (tertiary/aromatic N) is 1. The maximum atomic E-state index is 12.8. The van der Waals surface area contributed by atoms with E-state index < -0.39 is 0 Å². The SMILES string of the molecule is COc1cc2c(cc1OC)CC(=O)N(CCC(=O)N[C@H]1CCc3cc(OC)c(OC)cc31)C=C2. The molecule has 0 radical (unpaired) electrons.